The van der Waals surface area contributed by atoms with Crippen molar-refractivity contribution in [2.24, 2.45) is 0 Å². The van der Waals surface area contributed by atoms with Gasteiger partial charge in [-0.1, -0.05) is 12.1 Å². The Labute approximate surface area is 467 Å². The second-order valence-electron chi connectivity index (χ2n) is 19.1. The number of aliphatic hydroxyl groups excluding tert-OH is 9. The van der Waals surface area contributed by atoms with E-state index < -0.39 is 166 Å². The molecule has 1 unspecified atom stereocenters. The highest BCUT2D eigenvalue weighted by Gasteiger charge is 2.49. The summed E-state index contributed by atoms with van der Waals surface area (Å²) in [6.45, 7) is -2.11. The van der Waals surface area contributed by atoms with E-state index in [1.165, 1.54) is 78.9 Å². The van der Waals surface area contributed by atoms with E-state index in [0.29, 0.717) is 11.1 Å². The fraction of sp³-hybridized carbons (Fsp3) is 0.370. The van der Waals surface area contributed by atoms with E-state index in [0.717, 1.165) is 24.3 Å². The summed E-state index contributed by atoms with van der Waals surface area (Å²) >= 11 is 0. The van der Waals surface area contributed by atoms with Crippen LogP contribution >= 0.6 is 0 Å². The maximum atomic E-state index is 12.9. The maximum absolute atomic E-state index is 12.9. The Morgan fingerprint density at radius 3 is 1.52 bits per heavy atom. The van der Waals surface area contributed by atoms with Crippen LogP contribution in [0.3, 0.4) is 0 Å². The first kappa shape index (κ1) is 60.8. The van der Waals surface area contributed by atoms with Crippen LogP contribution in [0.2, 0.25) is 0 Å². The number of carbonyl (C=O) groups excluding carboxylic acids is 3. The predicted octanol–water partition coefficient (Wildman–Crippen LogP) is -1.72. The van der Waals surface area contributed by atoms with Crippen LogP contribution in [0.25, 0.3) is 18.2 Å². The number of carbonyl (C=O) groups is 4. The number of fused-ring (bicyclic) bond motifs is 1. The molecule has 0 bridgehead atoms. The van der Waals surface area contributed by atoms with Crippen molar-refractivity contribution in [2.75, 3.05) is 19.8 Å². The molecule has 16 N–H and O–H groups in total. The maximum Gasteiger partial charge on any atom is 0.330 e. The number of rotatable bonds is 19. The number of hydrogen-bond acceptors (Lipinski definition) is 27. The smallest absolute Gasteiger partial charge is 0.330 e. The average Bonchev–Trinajstić information content (AvgIpc) is 3.62. The van der Waals surface area contributed by atoms with Crippen molar-refractivity contribution in [3.05, 3.63) is 113 Å². The van der Waals surface area contributed by atoms with Gasteiger partial charge in [0.1, 0.15) is 122 Å². The zero-order chi connectivity index (χ0) is 60.0. The van der Waals surface area contributed by atoms with E-state index in [2.05, 4.69) is 4.74 Å². The molecule has 4 aliphatic heterocycles. The van der Waals surface area contributed by atoms with E-state index in [9.17, 15) is 90.7 Å². The van der Waals surface area contributed by atoms with Crippen LogP contribution in [-0.4, -0.2) is 217 Å². The van der Waals surface area contributed by atoms with Crippen molar-refractivity contribution in [1.82, 2.24) is 0 Å². The molecule has 0 aromatic heterocycles. The van der Waals surface area contributed by atoms with Crippen molar-refractivity contribution in [1.29, 1.82) is 0 Å². The lowest BCUT2D eigenvalue weighted by molar-refractivity contribution is -0.296. The number of aliphatic carboxylic acids is 1. The fourth-order valence-electron chi connectivity index (χ4n) is 8.67. The van der Waals surface area contributed by atoms with Crippen LogP contribution in [0.1, 0.15) is 34.8 Å². The van der Waals surface area contributed by atoms with Gasteiger partial charge in [0.05, 0.1) is 11.6 Å². The molecule has 0 spiro atoms. The molecule has 0 saturated carbocycles. The molecule has 4 aromatic rings. The topological polar surface area (TPSA) is 468 Å². The third-order valence-electron chi connectivity index (χ3n) is 13.2. The predicted molar refractivity (Wildman–Crippen MR) is 272 cm³/mol. The highest BCUT2D eigenvalue weighted by Crippen LogP contribution is 2.46. The van der Waals surface area contributed by atoms with E-state index in [4.69, 9.17) is 47.7 Å². The summed E-state index contributed by atoms with van der Waals surface area (Å²) in [6, 6.07) is 15.3. The molecule has 16 atom stereocenters. The van der Waals surface area contributed by atoms with E-state index >= 15 is 0 Å². The normalized spacial score (nSPS) is 29.6. The number of carboxylic acids is 1. The fourth-order valence-corrected chi connectivity index (χ4v) is 8.67. The summed E-state index contributed by atoms with van der Waals surface area (Å²) in [6.07, 6.45) is -23.2. The minimum Gasteiger partial charge on any atom is -0.571 e. The number of phenolic OH excluding ortho intramolecular Hbond substituents is 5. The van der Waals surface area contributed by atoms with Crippen LogP contribution in [-0.2, 0) is 52.3 Å². The first-order valence-electron chi connectivity index (χ1n) is 25.0. The number of aliphatic hydroxyl groups is 10. The van der Waals surface area contributed by atoms with Crippen molar-refractivity contribution in [2.45, 2.75) is 105 Å². The SMILES string of the molecule is O=C(O)CC(=O)OC[C@H]1O[C@@H](OC2=Cc3c(O)cc(O[C@@H]4O[C@@H](COC(=O)/C=C/c5ccc(O[C@@H]6O[C@H](COC(=O)/C=C/c7ccc(O)c(O)c7)[C@@H](O)[C@H](O)[C@H]6O)c(O)c5)[C@@H](O)[C@H](O)[C@H]4O)cc3[OH+]C2c2ccc(O)cc2)[C@H](O)[C@H](O)[C@@H]1O. The molecule has 446 valence electrons. The Kier molecular flexibility index (Phi) is 19.3. The van der Waals surface area contributed by atoms with Gasteiger partial charge in [-0.05, 0) is 71.8 Å². The van der Waals surface area contributed by atoms with Crippen LogP contribution in [0, 0.1) is 0 Å². The van der Waals surface area contributed by atoms with Crippen LogP contribution in [0.4, 0.5) is 0 Å². The first-order chi connectivity index (χ1) is 39.4. The minimum atomic E-state index is -1.94. The molecule has 4 aromatic carbocycles. The van der Waals surface area contributed by atoms with Gasteiger partial charge in [-0.3, -0.25) is 9.59 Å². The number of hydrogen-bond donors (Lipinski definition) is 15. The molecule has 83 heavy (non-hydrogen) atoms. The molecular weight excluding hydrogens is 1110 g/mol. The Morgan fingerprint density at radius 1 is 0.506 bits per heavy atom. The summed E-state index contributed by atoms with van der Waals surface area (Å²) in [5.41, 5.74) is 0.855. The van der Waals surface area contributed by atoms with Crippen molar-refractivity contribution in [3.63, 3.8) is 0 Å². The first-order valence-corrected chi connectivity index (χ1v) is 25.0. The molecule has 3 saturated heterocycles. The number of aromatic hydroxyl groups is 6. The Balaban J connectivity index is 0.877. The number of phenols is 5. The molecule has 0 radical (unpaired) electrons. The molecule has 4 heterocycles. The summed E-state index contributed by atoms with van der Waals surface area (Å²) in [5, 5.41) is 156. The summed E-state index contributed by atoms with van der Waals surface area (Å²) < 4.78 is 54.2. The highest BCUT2D eigenvalue weighted by molar-refractivity contribution is 5.90. The van der Waals surface area contributed by atoms with Crippen molar-refractivity contribution >= 4 is 42.1 Å². The van der Waals surface area contributed by atoms with Crippen LogP contribution in [0.15, 0.2) is 90.7 Å². The van der Waals surface area contributed by atoms with Gasteiger partial charge in [0, 0.05) is 24.3 Å². The molecule has 29 heteroatoms. The lowest BCUT2D eigenvalue weighted by Crippen LogP contribution is -2.60. The second-order valence-corrected chi connectivity index (χ2v) is 19.1. The third-order valence-corrected chi connectivity index (χ3v) is 13.2. The molecule has 0 aliphatic carbocycles. The van der Waals surface area contributed by atoms with Gasteiger partial charge in [-0.2, -0.15) is 0 Å². The molecule has 0 amide bonds. The van der Waals surface area contributed by atoms with Crippen LogP contribution in [0.5, 0.6) is 46.0 Å². The highest BCUT2D eigenvalue weighted by atomic mass is 16.7. The van der Waals surface area contributed by atoms with E-state index in [-0.39, 0.29) is 45.6 Å². The summed E-state index contributed by atoms with van der Waals surface area (Å²) in [4.78, 5) is 48.0. The lowest BCUT2D eigenvalue weighted by atomic mass is 9.98. The van der Waals surface area contributed by atoms with E-state index in [1.54, 1.807) is 0 Å². The average molecular weight is 1170 g/mol. The number of carboxylic acid groups (broad SMARTS) is 1. The van der Waals surface area contributed by atoms with Crippen molar-refractivity contribution in [3.8, 4) is 46.0 Å². The number of esters is 3. The van der Waals surface area contributed by atoms with Gasteiger partial charge >= 0.3 is 23.9 Å². The third kappa shape index (κ3) is 14.7. The van der Waals surface area contributed by atoms with Crippen molar-refractivity contribution < 1.29 is 143 Å². The second kappa shape index (κ2) is 26.3. The largest absolute Gasteiger partial charge is 0.571 e. The molecule has 3 fully saturated rings. The van der Waals surface area contributed by atoms with Gasteiger partial charge in [0.25, 0.3) is 11.9 Å². The Morgan fingerprint density at radius 2 is 1.00 bits per heavy atom. The molecule has 8 rings (SSSR count). The zero-order valence-electron chi connectivity index (χ0n) is 42.8. The number of benzene rings is 4. The van der Waals surface area contributed by atoms with Gasteiger partial charge < -0.3 is 124 Å². The van der Waals surface area contributed by atoms with Gasteiger partial charge in [0.2, 0.25) is 18.9 Å². The van der Waals surface area contributed by atoms with Gasteiger partial charge in [-0.25, -0.2) is 9.59 Å². The molecular formula is C54H57O29+. The summed E-state index contributed by atoms with van der Waals surface area (Å²) in [7, 11) is 0. The molecule has 4 aliphatic rings. The standard InChI is InChI=1S/C54H56O29/c55-25-7-5-24(6-8-25)51-34(80-54-50(73)47(70)44(67)37(83-54)21-76-41(64)18-38(60)61)17-27-29(57)15-26(16-33(27)78-51)77-52-48(71)45(68)42(65)35(81-52)19-74-40(63)12-4-23-2-10-32(31(59)14-23)79-53-49(72)46(69)43(66)36(82-53)20-75-39(62)11-3-22-1-9-28(56)30(58)13-22/h1-17,35-37,42-59,65-73H,18-21H2,(H,60,61)/p+1/b11-3+,12-4+/t35-,36+,37+,42+,43+,44+,45-,46-,47+,48+,49+,50+,51?,52+,53+,54+/m0/s1. The Hall–Kier alpha value is -8.30. The lowest BCUT2D eigenvalue weighted by Gasteiger charge is -2.40. The number of ether oxygens (including phenoxy) is 10. The Bertz CT molecular complexity index is 3070. The van der Waals surface area contributed by atoms with E-state index in [1.807, 2.05) is 0 Å². The van der Waals surface area contributed by atoms with Gasteiger partial charge in [-0.15, -0.1) is 0 Å². The van der Waals surface area contributed by atoms with Crippen LogP contribution < -0.4 is 9.47 Å². The van der Waals surface area contributed by atoms with Gasteiger partial charge in [0.15, 0.2) is 28.8 Å². The molecule has 29 nitrogen and oxygen atoms in total. The quantitative estimate of drug-likeness (QED) is 0.0124. The summed E-state index contributed by atoms with van der Waals surface area (Å²) in [5.74, 6) is -7.27. The zero-order valence-corrected chi connectivity index (χ0v) is 42.8. The monoisotopic (exact) mass is 1170 g/mol. The minimum absolute atomic E-state index is 0.0128.